The van der Waals surface area contributed by atoms with Crippen molar-refractivity contribution in [1.82, 2.24) is 0 Å². The number of carbonyl (C=O) groups excluding carboxylic acids is 2. The van der Waals surface area contributed by atoms with Crippen molar-refractivity contribution in [3.05, 3.63) is 76.0 Å². The minimum absolute atomic E-state index is 0.0395. The predicted molar refractivity (Wildman–Crippen MR) is 108 cm³/mol. The maximum absolute atomic E-state index is 13.1. The number of allylic oxidation sites excluding steroid dienone is 2. The minimum Gasteiger partial charge on any atom is -0.294 e. The van der Waals surface area contributed by atoms with Crippen LogP contribution in [0.1, 0.15) is 49.7 Å². The molecule has 1 atom stereocenters. The average Bonchev–Trinajstić information content (AvgIpc) is 2.68. The fourth-order valence-corrected chi connectivity index (χ4v) is 4.38. The normalized spacial score (nSPS) is 20.1. The van der Waals surface area contributed by atoms with Crippen LogP contribution in [0.3, 0.4) is 0 Å². The van der Waals surface area contributed by atoms with Gasteiger partial charge in [0.25, 0.3) is 0 Å². The highest BCUT2D eigenvalue weighted by molar-refractivity contribution is 6.30. The van der Waals surface area contributed by atoms with Crippen LogP contribution in [0.15, 0.2) is 59.8 Å². The summed E-state index contributed by atoms with van der Waals surface area (Å²) in [6, 6.07) is 15.6. The van der Waals surface area contributed by atoms with Gasteiger partial charge in [0, 0.05) is 40.7 Å². The monoisotopic (exact) mass is 379 g/mol. The Bertz CT molecular complexity index is 930. The van der Waals surface area contributed by atoms with E-state index in [4.69, 9.17) is 11.6 Å². The number of nitrogens with zero attached hydrogens (tertiary/aromatic N) is 1. The lowest BCUT2D eigenvalue weighted by atomic mass is 9.77. The van der Waals surface area contributed by atoms with Gasteiger partial charge in [0.2, 0.25) is 5.91 Å². The summed E-state index contributed by atoms with van der Waals surface area (Å²) in [5.74, 6) is -0.00765. The van der Waals surface area contributed by atoms with Gasteiger partial charge in [-0.05, 0) is 54.7 Å². The molecule has 0 saturated heterocycles. The summed E-state index contributed by atoms with van der Waals surface area (Å²) in [5.41, 5.74) is 4.69. The summed E-state index contributed by atoms with van der Waals surface area (Å²) in [4.78, 5) is 27.7. The molecular weight excluding hydrogens is 358 g/mol. The Kier molecular flexibility index (Phi) is 4.88. The molecule has 1 amide bonds. The predicted octanol–water partition coefficient (Wildman–Crippen LogP) is 5.43. The van der Waals surface area contributed by atoms with Gasteiger partial charge in [-0.25, -0.2) is 0 Å². The number of rotatable bonds is 3. The van der Waals surface area contributed by atoms with E-state index in [0.29, 0.717) is 17.9 Å². The highest BCUT2D eigenvalue weighted by atomic mass is 35.5. The number of hydrogen-bond acceptors (Lipinski definition) is 2. The molecule has 0 N–H and O–H groups in total. The molecule has 0 aromatic heterocycles. The highest BCUT2D eigenvalue weighted by Crippen LogP contribution is 2.43. The van der Waals surface area contributed by atoms with Crippen molar-refractivity contribution in [1.29, 1.82) is 0 Å². The van der Waals surface area contributed by atoms with Crippen LogP contribution in [0, 0.1) is 0 Å². The summed E-state index contributed by atoms with van der Waals surface area (Å²) in [7, 11) is 0. The molecule has 0 spiro atoms. The SMILES string of the molecule is CCc1ccc(N2C(=O)CC(c3cccc(Cl)c3)C3=C2CCCC3=O)cc1. The van der Waals surface area contributed by atoms with Crippen LogP contribution in [0.5, 0.6) is 0 Å². The molecule has 1 heterocycles. The fourth-order valence-electron chi connectivity index (χ4n) is 4.18. The average molecular weight is 380 g/mol. The molecular formula is C23H22ClNO2. The number of Topliss-reactive ketones (excluding diaryl/α,β-unsaturated/α-hetero) is 1. The van der Waals surface area contributed by atoms with Crippen LogP contribution in [0.4, 0.5) is 5.69 Å². The molecule has 0 saturated carbocycles. The summed E-state index contributed by atoms with van der Waals surface area (Å²) < 4.78 is 0. The Hall–Kier alpha value is -2.39. The number of anilines is 1. The van der Waals surface area contributed by atoms with E-state index < -0.39 is 0 Å². The number of hydrogen-bond donors (Lipinski definition) is 0. The zero-order valence-corrected chi connectivity index (χ0v) is 16.1. The van der Waals surface area contributed by atoms with Gasteiger partial charge in [-0.3, -0.25) is 14.5 Å². The van der Waals surface area contributed by atoms with Crippen molar-refractivity contribution in [2.75, 3.05) is 4.90 Å². The summed E-state index contributed by atoms with van der Waals surface area (Å²) >= 11 is 6.17. The lowest BCUT2D eigenvalue weighted by molar-refractivity contribution is -0.119. The van der Waals surface area contributed by atoms with E-state index in [1.165, 1.54) is 5.56 Å². The number of halogens is 1. The molecule has 27 heavy (non-hydrogen) atoms. The molecule has 1 unspecified atom stereocenters. The summed E-state index contributed by atoms with van der Waals surface area (Å²) in [6.07, 6.45) is 3.33. The number of ketones is 1. The number of aryl methyl sites for hydroxylation is 1. The van der Waals surface area contributed by atoms with Crippen LogP contribution in [-0.4, -0.2) is 11.7 Å². The van der Waals surface area contributed by atoms with E-state index in [-0.39, 0.29) is 17.6 Å². The molecule has 2 aromatic rings. The molecule has 4 rings (SSSR count). The molecule has 0 fully saturated rings. The van der Waals surface area contributed by atoms with Crippen molar-refractivity contribution in [2.45, 2.75) is 44.9 Å². The lowest BCUT2D eigenvalue weighted by Crippen LogP contribution is -2.40. The van der Waals surface area contributed by atoms with Gasteiger partial charge >= 0.3 is 0 Å². The zero-order chi connectivity index (χ0) is 19.0. The topological polar surface area (TPSA) is 37.4 Å². The Morgan fingerprint density at radius 3 is 2.56 bits per heavy atom. The first-order valence-corrected chi connectivity index (χ1v) is 9.90. The van der Waals surface area contributed by atoms with E-state index >= 15 is 0 Å². The van der Waals surface area contributed by atoms with Crippen LogP contribution in [0.2, 0.25) is 5.02 Å². The molecule has 2 aliphatic rings. The lowest BCUT2D eigenvalue weighted by Gasteiger charge is -2.38. The highest BCUT2D eigenvalue weighted by Gasteiger charge is 2.39. The summed E-state index contributed by atoms with van der Waals surface area (Å²) in [6.45, 7) is 2.11. The van der Waals surface area contributed by atoms with Crippen LogP contribution < -0.4 is 4.90 Å². The van der Waals surface area contributed by atoms with E-state index in [0.717, 1.165) is 41.8 Å². The third-order valence-electron chi connectivity index (χ3n) is 5.53. The van der Waals surface area contributed by atoms with E-state index in [2.05, 4.69) is 19.1 Å². The van der Waals surface area contributed by atoms with E-state index in [9.17, 15) is 9.59 Å². The van der Waals surface area contributed by atoms with Crippen LogP contribution in [-0.2, 0) is 16.0 Å². The molecule has 3 nitrogen and oxygen atoms in total. The summed E-state index contributed by atoms with van der Waals surface area (Å²) in [5, 5.41) is 0.628. The Balaban J connectivity index is 1.83. The quantitative estimate of drug-likeness (QED) is 0.713. The number of carbonyl (C=O) groups is 2. The maximum atomic E-state index is 13.1. The van der Waals surface area contributed by atoms with Crippen molar-refractivity contribution < 1.29 is 9.59 Å². The fraction of sp³-hybridized carbons (Fsp3) is 0.304. The smallest absolute Gasteiger partial charge is 0.232 e. The third kappa shape index (κ3) is 3.32. The molecule has 0 radical (unpaired) electrons. The molecule has 138 valence electrons. The standard InChI is InChI=1S/C23H22ClNO2/c1-2-15-9-11-18(12-10-15)25-20-7-4-8-21(26)23(20)19(14-22(25)27)16-5-3-6-17(24)13-16/h3,5-6,9-13,19H,2,4,7-8,14H2,1H3. The van der Waals surface area contributed by atoms with E-state index in [1.54, 1.807) is 4.90 Å². The first kappa shape index (κ1) is 18.0. The van der Waals surface area contributed by atoms with Gasteiger partial charge in [0.15, 0.2) is 5.78 Å². The van der Waals surface area contributed by atoms with Gasteiger partial charge in [0.1, 0.15) is 0 Å². The Labute approximate surface area is 164 Å². The second-order valence-electron chi connectivity index (χ2n) is 7.20. The van der Waals surface area contributed by atoms with Gasteiger partial charge < -0.3 is 0 Å². The molecule has 2 aromatic carbocycles. The van der Waals surface area contributed by atoms with Gasteiger partial charge in [-0.1, -0.05) is 42.8 Å². The molecule has 4 heteroatoms. The second kappa shape index (κ2) is 7.32. The van der Waals surface area contributed by atoms with E-state index in [1.807, 2.05) is 36.4 Å². The number of benzene rings is 2. The Morgan fingerprint density at radius 2 is 1.85 bits per heavy atom. The van der Waals surface area contributed by atoms with Crippen LogP contribution >= 0.6 is 11.6 Å². The van der Waals surface area contributed by atoms with Crippen LogP contribution in [0.25, 0.3) is 0 Å². The Morgan fingerprint density at radius 1 is 1.07 bits per heavy atom. The van der Waals surface area contributed by atoms with Crippen molar-refractivity contribution in [2.24, 2.45) is 0 Å². The van der Waals surface area contributed by atoms with Gasteiger partial charge in [-0.2, -0.15) is 0 Å². The number of amides is 1. The van der Waals surface area contributed by atoms with Crippen molar-refractivity contribution in [3.63, 3.8) is 0 Å². The van der Waals surface area contributed by atoms with Crippen molar-refractivity contribution >= 4 is 29.0 Å². The maximum Gasteiger partial charge on any atom is 0.232 e. The largest absolute Gasteiger partial charge is 0.294 e. The minimum atomic E-state index is -0.204. The van der Waals surface area contributed by atoms with Crippen molar-refractivity contribution in [3.8, 4) is 0 Å². The van der Waals surface area contributed by atoms with Gasteiger partial charge in [-0.15, -0.1) is 0 Å². The first-order chi connectivity index (χ1) is 13.1. The molecule has 0 bridgehead atoms. The second-order valence-corrected chi connectivity index (χ2v) is 7.63. The molecule has 1 aliphatic heterocycles. The third-order valence-corrected chi connectivity index (χ3v) is 5.76. The molecule has 1 aliphatic carbocycles. The first-order valence-electron chi connectivity index (χ1n) is 9.52. The zero-order valence-electron chi connectivity index (χ0n) is 15.4. The van der Waals surface area contributed by atoms with Gasteiger partial charge in [0.05, 0.1) is 0 Å².